The van der Waals surface area contributed by atoms with Crippen LogP contribution in [0.2, 0.25) is 0 Å². The molecule has 5 heteroatoms. The lowest BCUT2D eigenvalue weighted by Crippen LogP contribution is -2.24. The van der Waals surface area contributed by atoms with Gasteiger partial charge >= 0.3 is 0 Å². The lowest BCUT2D eigenvalue weighted by molar-refractivity contribution is 0.0999. The lowest BCUT2D eigenvalue weighted by atomic mass is 10.0. The number of primary amides is 1. The van der Waals surface area contributed by atoms with E-state index in [-0.39, 0.29) is 11.4 Å². The van der Waals surface area contributed by atoms with Crippen LogP contribution >= 0.6 is 0 Å². The molecule has 0 spiro atoms. The van der Waals surface area contributed by atoms with Gasteiger partial charge in [0.1, 0.15) is 11.4 Å². The Labute approximate surface area is 173 Å². The van der Waals surface area contributed by atoms with Gasteiger partial charge < -0.3 is 10.3 Å². The second kappa shape index (κ2) is 7.95. The van der Waals surface area contributed by atoms with Crippen LogP contribution in [0, 0.1) is 12.7 Å². The fourth-order valence-electron chi connectivity index (χ4n) is 3.57. The Hall–Kier alpha value is -3.73. The molecule has 0 aliphatic rings. The maximum Gasteiger partial charge on any atom is 0.254 e. The van der Waals surface area contributed by atoms with Gasteiger partial charge in [0.2, 0.25) is 5.43 Å². The number of nitrogens with zero attached hydrogens (tertiary/aromatic N) is 1. The van der Waals surface area contributed by atoms with Crippen LogP contribution in [0.1, 0.15) is 27.0 Å². The molecule has 0 saturated carbocycles. The summed E-state index contributed by atoms with van der Waals surface area (Å²) in [4.78, 5) is 24.8. The molecule has 0 atom stereocenters. The average molecular weight is 400 g/mol. The summed E-state index contributed by atoms with van der Waals surface area (Å²) < 4.78 is 15.0. The van der Waals surface area contributed by atoms with E-state index in [2.05, 4.69) is 31.2 Å². The quantitative estimate of drug-likeness (QED) is 0.542. The van der Waals surface area contributed by atoms with Gasteiger partial charge in [-0.05, 0) is 67.3 Å². The van der Waals surface area contributed by atoms with Gasteiger partial charge in [0.25, 0.3) is 5.91 Å². The summed E-state index contributed by atoms with van der Waals surface area (Å²) in [7, 11) is 0. The number of halogens is 1. The van der Waals surface area contributed by atoms with Crippen molar-refractivity contribution < 1.29 is 9.18 Å². The van der Waals surface area contributed by atoms with E-state index in [1.165, 1.54) is 29.5 Å². The molecule has 0 aliphatic carbocycles. The predicted octanol–water partition coefficient (Wildman–Crippen LogP) is 4.32. The summed E-state index contributed by atoms with van der Waals surface area (Å²) in [5, 5.41) is 0.414. The van der Waals surface area contributed by atoms with Crippen molar-refractivity contribution in [3.63, 3.8) is 0 Å². The molecule has 0 unspecified atom stereocenters. The highest BCUT2D eigenvalue weighted by molar-refractivity contribution is 5.96. The predicted molar refractivity (Wildman–Crippen MR) is 117 cm³/mol. The highest BCUT2D eigenvalue weighted by Crippen LogP contribution is 2.20. The van der Waals surface area contributed by atoms with Crippen LogP contribution < -0.4 is 11.2 Å². The summed E-state index contributed by atoms with van der Waals surface area (Å²) in [5.74, 6) is -1.15. The van der Waals surface area contributed by atoms with E-state index < -0.39 is 11.3 Å². The number of nitrogens with two attached hydrogens (primary N) is 1. The lowest BCUT2D eigenvalue weighted by Gasteiger charge is -2.14. The summed E-state index contributed by atoms with van der Waals surface area (Å²) >= 11 is 0. The summed E-state index contributed by atoms with van der Waals surface area (Å²) in [6.45, 7) is 2.05. The third-order valence-corrected chi connectivity index (χ3v) is 5.26. The van der Waals surface area contributed by atoms with Crippen LogP contribution in [-0.4, -0.2) is 10.5 Å². The van der Waals surface area contributed by atoms with Crippen molar-refractivity contribution in [1.82, 2.24) is 4.57 Å². The van der Waals surface area contributed by atoms with Crippen molar-refractivity contribution >= 4 is 16.8 Å². The van der Waals surface area contributed by atoms with E-state index in [0.717, 1.165) is 18.4 Å². The summed E-state index contributed by atoms with van der Waals surface area (Å²) in [6.07, 6.45) is 3.02. The molecule has 0 saturated heterocycles. The molecule has 3 aromatic carbocycles. The number of aromatic nitrogens is 1. The molecule has 0 radical (unpaired) electrons. The molecular formula is C25H21FN2O2. The first-order valence-corrected chi connectivity index (χ1v) is 9.72. The molecule has 1 heterocycles. The molecule has 2 N–H and O–H groups in total. The largest absolute Gasteiger partial charge is 0.365 e. The zero-order valence-corrected chi connectivity index (χ0v) is 16.6. The van der Waals surface area contributed by atoms with Gasteiger partial charge in [-0.1, -0.05) is 35.9 Å². The number of carbonyl (C=O) groups is 1. The Bertz CT molecular complexity index is 1290. The van der Waals surface area contributed by atoms with E-state index in [1.54, 1.807) is 16.7 Å². The Morgan fingerprint density at radius 1 is 0.933 bits per heavy atom. The Balaban J connectivity index is 1.79. The number of pyridine rings is 1. The number of carbonyl (C=O) groups excluding carboxylic acids is 1. The first-order chi connectivity index (χ1) is 14.4. The van der Waals surface area contributed by atoms with Crippen molar-refractivity contribution in [2.24, 2.45) is 5.73 Å². The van der Waals surface area contributed by atoms with Gasteiger partial charge in [0.15, 0.2) is 0 Å². The molecule has 1 aromatic heterocycles. The van der Waals surface area contributed by atoms with E-state index in [1.807, 2.05) is 18.2 Å². The minimum Gasteiger partial charge on any atom is -0.365 e. The van der Waals surface area contributed by atoms with Crippen LogP contribution in [0.3, 0.4) is 0 Å². The van der Waals surface area contributed by atoms with Crippen molar-refractivity contribution in [3.05, 3.63) is 111 Å². The molecule has 4 aromatic rings. The van der Waals surface area contributed by atoms with Gasteiger partial charge in [0.05, 0.1) is 5.52 Å². The third kappa shape index (κ3) is 3.87. The Morgan fingerprint density at radius 3 is 2.23 bits per heavy atom. The highest BCUT2D eigenvalue weighted by Gasteiger charge is 2.15. The number of aryl methyl sites for hydroxylation is 3. The standard InChI is InChI=1S/C25H21FN2O2/c1-16-2-4-17(5-3-16)6-7-18-8-13-23-21(14-18)24(29)22(25(27)30)15-28(23)20-11-9-19(26)10-12-20/h2-5,8-15H,6-7H2,1H3,(H2,27,30). The van der Waals surface area contributed by atoms with Crippen LogP contribution in [-0.2, 0) is 12.8 Å². The first-order valence-electron chi connectivity index (χ1n) is 9.72. The van der Waals surface area contributed by atoms with E-state index in [0.29, 0.717) is 16.6 Å². The van der Waals surface area contributed by atoms with Crippen LogP contribution in [0.5, 0.6) is 0 Å². The first kappa shape index (κ1) is 19.6. The van der Waals surface area contributed by atoms with E-state index in [4.69, 9.17) is 5.73 Å². The Morgan fingerprint density at radius 2 is 1.57 bits per heavy atom. The van der Waals surface area contributed by atoms with Crippen LogP contribution in [0.25, 0.3) is 16.6 Å². The number of benzene rings is 3. The van der Waals surface area contributed by atoms with Crippen molar-refractivity contribution in [3.8, 4) is 5.69 Å². The minimum atomic E-state index is -0.789. The van der Waals surface area contributed by atoms with Crippen molar-refractivity contribution in [1.29, 1.82) is 0 Å². The molecular weight excluding hydrogens is 379 g/mol. The number of rotatable bonds is 5. The van der Waals surface area contributed by atoms with Gasteiger partial charge in [-0.2, -0.15) is 0 Å². The molecule has 30 heavy (non-hydrogen) atoms. The summed E-state index contributed by atoms with van der Waals surface area (Å²) in [5.41, 5.74) is 9.65. The molecule has 0 bridgehead atoms. The smallest absolute Gasteiger partial charge is 0.254 e. The second-order valence-electron chi connectivity index (χ2n) is 7.42. The SMILES string of the molecule is Cc1ccc(CCc2ccc3c(c2)c(=O)c(C(N)=O)cn3-c2ccc(F)cc2)cc1. The maximum absolute atomic E-state index is 13.4. The normalized spacial score (nSPS) is 11.0. The maximum atomic E-state index is 13.4. The number of hydrogen-bond donors (Lipinski definition) is 1. The fraction of sp³-hybridized carbons (Fsp3) is 0.120. The Kier molecular flexibility index (Phi) is 5.19. The molecule has 4 rings (SSSR count). The monoisotopic (exact) mass is 400 g/mol. The molecule has 150 valence electrons. The van der Waals surface area contributed by atoms with Gasteiger partial charge in [-0.3, -0.25) is 9.59 Å². The highest BCUT2D eigenvalue weighted by atomic mass is 19.1. The molecule has 4 nitrogen and oxygen atoms in total. The summed E-state index contributed by atoms with van der Waals surface area (Å²) in [6, 6.07) is 19.9. The van der Waals surface area contributed by atoms with Crippen molar-refractivity contribution in [2.75, 3.05) is 0 Å². The van der Waals surface area contributed by atoms with Gasteiger partial charge in [0, 0.05) is 17.3 Å². The van der Waals surface area contributed by atoms with Gasteiger partial charge in [-0.25, -0.2) is 4.39 Å². The van der Waals surface area contributed by atoms with Crippen molar-refractivity contribution in [2.45, 2.75) is 19.8 Å². The van der Waals surface area contributed by atoms with Gasteiger partial charge in [-0.15, -0.1) is 0 Å². The zero-order valence-electron chi connectivity index (χ0n) is 16.6. The number of hydrogen-bond acceptors (Lipinski definition) is 2. The van der Waals surface area contributed by atoms with Crippen LogP contribution in [0.15, 0.2) is 77.7 Å². The fourth-order valence-corrected chi connectivity index (χ4v) is 3.57. The van der Waals surface area contributed by atoms with E-state index in [9.17, 15) is 14.0 Å². The third-order valence-electron chi connectivity index (χ3n) is 5.26. The minimum absolute atomic E-state index is 0.0949. The number of fused-ring (bicyclic) bond motifs is 1. The molecule has 0 fully saturated rings. The second-order valence-corrected chi connectivity index (χ2v) is 7.42. The topological polar surface area (TPSA) is 65.1 Å². The molecule has 1 amide bonds. The number of amides is 1. The zero-order chi connectivity index (χ0) is 21.3. The van der Waals surface area contributed by atoms with Crippen LogP contribution in [0.4, 0.5) is 4.39 Å². The van der Waals surface area contributed by atoms with E-state index >= 15 is 0 Å². The molecule has 0 aliphatic heterocycles. The average Bonchev–Trinajstić information content (AvgIpc) is 2.74.